The number of primary sulfonamides is 1. The Bertz CT molecular complexity index is 1160. The maximum Gasteiger partial charge on any atom is 0.421 e. The molecule has 10 nitrogen and oxygen atoms in total. The third-order valence-electron chi connectivity index (χ3n) is 5.05. The highest BCUT2D eigenvalue weighted by atomic mass is 32.2. The second kappa shape index (κ2) is 12.2. The van der Waals surface area contributed by atoms with E-state index in [-0.39, 0.29) is 34.8 Å². The van der Waals surface area contributed by atoms with Crippen LogP contribution in [0.2, 0.25) is 0 Å². The van der Waals surface area contributed by atoms with Crippen molar-refractivity contribution < 1.29 is 35.5 Å². The van der Waals surface area contributed by atoms with Gasteiger partial charge < -0.3 is 20.7 Å². The molecule has 0 saturated heterocycles. The highest BCUT2D eigenvalue weighted by Crippen LogP contribution is 2.36. The van der Waals surface area contributed by atoms with Crippen molar-refractivity contribution in [2.75, 3.05) is 31.0 Å². The summed E-state index contributed by atoms with van der Waals surface area (Å²) in [6.45, 7) is 0. The smallest absolute Gasteiger partial charge is 0.421 e. The van der Waals surface area contributed by atoms with E-state index >= 15 is 0 Å². The minimum atomic E-state index is -4.63. The van der Waals surface area contributed by atoms with Gasteiger partial charge in [0.15, 0.2) is 0 Å². The van der Waals surface area contributed by atoms with Crippen LogP contribution in [0.4, 0.5) is 35.0 Å². The van der Waals surface area contributed by atoms with E-state index in [0.29, 0.717) is 6.20 Å². The van der Waals surface area contributed by atoms with Gasteiger partial charge >= 0.3 is 6.18 Å². The van der Waals surface area contributed by atoms with Gasteiger partial charge in [-0.3, -0.25) is 4.79 Å². The molecule has 0 aliphatic heterocycles. The number of nitrogens with zero attached hydrogens (tertiary/aromatic N) is 2. The zero-order valence-corrected chi connectivity index (χ0v) is 20.7. The summed E-state index contributed by atoms with van der Waals surface area (Å²) < 4.78 is 78.5. The number of amides is 1. The lowest BCUT2D eigenvalue weighted by atomic mass is 9.95. The molecule has 0 radical (unpaired) electrons. The van der Waals surface area contributed by atoms with Gasteiger partial charge in [-0.05, 0) is 18.9 Å². The number of carbonyl (C=O) groups excluding carboxylic acids is 1. The summed E-state index contributed by atoms with van der Waals surface area (Å²) in [5, 5.41) is 12.3. The number of ether oxygens (including phenoxy) is 1. The lowest BCUT2D eigenvalue weighted by Gasteiger charge is -2.25. The van der Waals surface area contributed by atoms with Crippen LogP contribution in [0.15, 0.2) is 18.3 Å². The fourth-order valence-electron chi connectivity index (χ4n) is 3.45. The molecule has 1 saturated carbocycles. The standard InChI is InChI=1S/C20H23F4N5O2.CH5NO2S/c1-25-18(30)12-8-15(16(31-2)9-14(12)21)28-19-26-10-13(20(22,23)24)17(29-19)27-11-6-4-3-5-7-11;1-5(2,3)4/h8-11H,3-7H2,1-2H3,(H,25,30)(H2,26,27,28,29);1H3,(H2,2,3,4). The maximum absolute atomic E-state index is 14.2. The summed E-state index contributed by atoms with van der Waals surface area (Å²) in [5.41, 5.74) is -1.11. The van der Waals surface area contributed by atoms with Crippen molar-refractivity contribution in [1.29, 1.82) is 0 Å². The average Bonchev–Trinajstić information content (AvgIpc) is 2.78. The summed E-state index contributed by atoms with van der Waals surface area (Å²) in [6, 6.07) is 2.07. The molecule has 1 aliphatic carbocycles. The lowest BCUT2D eigenvalue weighted by Crippen LogP contribution is -2.25. The number of halogens is 4. The van der Waals surface area contributed by atoms with Crippen LogP contribution < -0.4 is 25.8 Å². The largest absolute Gasteiger partial charge is 0.494 e. The monoisotopic (exact) mass is 536 g/mol. The number of methoxy groups -OCH3 is 1. The van der Waals surface area contributed by atoms with Crippen molar-refractivity contribution in [1.82, 2.24) is 15.3 Å². The summed E-state index contributed by atoms with van der Waals surface area (Å²) in [6.07, 6.45) is 1.43. The Labute approximate surface area is 206 Å². The van der Waals surface area contributed by atoms with Gasteiger partial charge in [-0.1, -0.05) is 19.3 Å². The fourth-order valence-corrected chi connectivity index (χ4v) is 3.45. The van der Waals surface area contributed by atoms with Crippen LogP contribution in [0.5, 0.6) is 5.75 Å². The zero-order valence-electron chi connectivity index (χ0n) is 19.9. The molecule has 1 amide bonds. The van der Waals surface area contributed by atoms with Crippen molar-refractivity contribution in [3.63, 3.8) is 0 Å². The van der Waals surface area contributed by atoms with Gasteiger partial charge in [-0.15, -0.1) is 0 Å². The van der Waals surface area contributed by atoms with E-state index < -0.39 is 33.5 Å². The number of alkyl halides is 3. The summed E-state index contributed by atoms with van der Waals surface area (Å²) in [7, 11) is -0.523. The Morgan fingerprint density at radius 2 is 1.81 bits per heavy atom. The number of sulfonamides is 1. The number of nitrogens with two attached hydrogens (primary N) is 1. The SMILES string of the molecule is CNC(=O)c1cc(Nc2ncc(C(F)(F)F)c(NC3CCCCC3)n2)c(OC)cc1F.CS(N)(=O)=O. The fraction of sp³-hybridized carbons (Fsp3) is 0.476. The van der Waals surface area contributed by atoms with E-state index in [2.05, 4.69) is 31.1 Å². The maximum atomic E-state index is 14.2. The minimum Gasteiger partial charge on any atom is -0.494 e. The third-order valence-corrected chi connectivity index (χ3v) is 5.05. The predicted molar refractivity (Wildman–Crippen MR) is 126 cm³/mol. The predicted octanol–water partition coefficient (Wildman–Crippen LogP) is 3.40. The van der Waals surface area contributed by atoms with Gasteiger partial charge in [-0.2, -0.15) is 18.2 Å². The van der Waals surface area contributed by atoms with Gasteiger partial charge in [0, 0.05) is 25.4 Å². The van der Waals surface area contributed by atoms with Crippen LogP contribution in [-0.4, -0.2) is 50.7 Å². The molecule has 1 heterocycles. The number of carbonyl (C=O) groups is 1. The van der Waals surface area contributed by atoms with Crippen LogP contribution >= 0.6 is 0 Å². The summed E-state index contributed by atoms with van der Waals surface area (Å²) in [5.74, 6) is -1.93. The first-order valence-electron chi connectivity index (χ1n) is 10.8. The van der Waals surface area contributed by atoms with E-state index in [0.717, 1.165) is 44.4 Å². The van der Waals surface area contributed by atoms with E-state index in [1.54, 1.807) is 0 Å². The van der Waals surface area contributed by atoms with Crippen molar-refractivity contribution in [3.05, 3.63) is 35.3 Å². The molecule has 0 unspecified atom stereocenters. The molecule has 0 bridgehead atoms. The molecule has 1 fully saturated rings. The van der Waals surface area contributed by atoms with E-state index in [1.807, 2.05) is 0 Å². The number of anilines is 3. The van der Waals surface area contributed by atoms with Crippen LogP contribution in [0, 0.1) is 5.82 Å². The quantitative estimate of drug-likeness (QED) is 0.411. The van der Waals surface area contributed by atoms with E-state index in [1.165, 1.54) is 20.2 Å². The molecule has 3 rings (SSSR count). The van der Waals surface area contributed by atoms with Crippen molar-refractivity contribution in [2.45, 2.75) is 44.3 Å². The lowest BCUT2D eigenvalue weighted by molar-refractivity contribution is -0.137. The normalized spacial score (nSPS) is 14.3. The molecule has 0 spiro atoms. The Kier molecular flexibility index (Phi) is 9.81. The first-order chi connectivity index (χ1) is 16.7. The van der Waals surface area contributed by atoms with Crippen LogP contribution in [0.1, 0.15) is 48.0 Å². The van der Waals surface area contributed by atoms with Gasteiger partial charge in [-0.25, -0.2) is 22.9 Å². The number of hydrogen-bond donors (Lipinski definition) is 4. The molecular formula is C21H28F4N6O4S. The molecule has 0 atom stereocenters. The first kappa shape index (κ1) is 29.0. The third kappa shape index (κ3) is 8.78. The molecule has 1 aromatic heterocycles. The minimum absolute atomic E-state index is 0.0374. The first-order valence-corrected chi connectivity index (χ1v) is 12.7. The van der Waals surface area contributed by atoms with E-state index in [9.17, 15) is 30.8 Å². The number of hydrogen-bond acceptors (Lipinski definition) is 8. The molecule has 2 aromatic rings. The highest BCUT2D eigenvalue weighted by molar-refractivity contribution is 7.88. The molecular weight excluding hydrogens is 508 g/mol. The van der Waals surface area contributed by atoms with Gasteiger partial charge in [0.2, 0.25) is 16.0 Å². The highest BCUT2D eigenvalue weighted by Gasteiger charge is 2.36. The Morgan fingerprint density at radius 3 is 2.33 bits per heavy atom. The van der Waals surface area contributed by atoms with E-state index in [4.69, 9.17) is 4.74 Å². The van der Waals surface area contributed by atoms with Gasteiger partial charge in [0.05, 0.1) is 24.6 Å². The second-order valence-electron chi connectivity index (χ2n) is 8.00. The van der Waals surface area contributed by atoms with Crippen LogP contribution in [0.3, 0.4) is 0 Å². The number of nitrogens with one attached hydrogen (secondary N) is 3. The summed E-state index contributed by atoms with van der Waals surface area (Å²) >= 11 is 0. The molecule has 1 aliphatic rings. The Hall–Kier alpha value is -3.20. The van der Waals surface area contributed by atoms with Crippen molar-refractivity contribution in [2.24, 2.45) is 5.14 Å². The molecule has 1 aromatic carbocycles. The zero-order chi connectivity index (χ0) is 27.1. The molecule has 36 heavy (non-hydrogen) atoms. The Balaban J connectivity index is 0.000000830. The average molecular weight is 537 g/mol. The second-order valence-corrected chi connectivity index (χ2v) is 9.66. The van der Waals surface area contributed by atoms with Gasteiger partial charge in [0.25, 0.3) is 5.91 Å². The number of rotatable bonds is 6. The van der Waals surface area contributed by atoms with Crippen molar-refractivity contribution >= 4 is 33.4 Å². The molecule has 200 valence electrons. The summed E-state index contributed by atoms with van der Waals surface area (Å²) in [4.78, 5) is 19.7. The van der Waals surface area contributed by atoms with Crippen molar-refractivity contribution in [3.8, 4) is 5.75 Å². The number of aromatic nitrogens is 2. The molecule has 5 N–H and O–H groups in total. The van der Waals surface area contributed by atoms with Crippen LogP contribution in [-0.2, 0) is 16.2 Å². The number of benzene rings is 1. The molecule has 15 heteroatoms. The van der Waals surface area contributed by atoms with Gasteiger partial charge in [0.1, 0.15) is 22.9 Å². The Morgan fingerprint density at radius 1 is 1.19 bits per heavy atom. The van der Waals surface area contributed by atoms with Crippen LogP contribution in [0.25, 0.3) is 0 Å². The topological polar surface area (TPSA) is 148 Å².